The van der Waals surface area contributed by atoms with Gasteiger partial charge in [-0.2, -0.15) is 0 Å². The van der Waals surface area contributed by atoms with E-state index in [0.717, 1.165) is 18.5 Å². The number of hydrogen-bond acceptors (Lipinski definition) is 1. The van der Waals surface area contributed by atoms with E-state index in [4.69, 9.17) is 0 Å². The zero-order valence-corrected chi connectivity index (χ0v) is 8.52. The Balaban J connectivity index is 2.31. The fraction of sp³-hybridized carbons (Fsp3) is 0.333. The van der Waals surface area contributed by atoms with E-state index < -0.39 is 0 Å². The number of halogens is 1. The quantitative estimate of drug-likeness (QED) is 0.560. The lowest BCUT2D eigenvalue weighted by Crippen LogP contribution is -2.15. The molecule has 0 heterocycles. The van der Waals surface area contributed by atoms with Crippen LogP contribution in [0.3, 0.4) is 0 Å². The molecule has 2 heteroatoms. The second-order valence-corrected chi connectivity index (χ2v) is 3.48. The van der Waals surface area contributed by atoms with Crippen molar-refractivity contribution in [1.29, 1.82) is 0 Å². The Bertz CT molecular complexity index is 307. The molecule has 0 unspecified atom stereocenters. The Morgan fingerprint density at radius 2 is 2.14 bits per heavy atom. The van der Waals surface area contributed by atoms with Gasteiger partial charge in [0.25, 0.3) is 0 Å². The lowest BCUT2D eigenvalue weighted by Gasteiger charge is -2.05. The van der Waals surface area contributed by atoms with Gasteiger partial charge in [0.1, 0.15) is 5.82 Å². The molecule has 1 aromatic carbocycles. The summed E-state index contributed by atoms with van der Waals surface area (Å²) in [5.41, 5.74) is 1.86. The van der Waals surface area contributed by atoms with Crippen molar-refractivity contribution < 1.29 is 4.39 Å². The third kappa shape index (κ3) is 3.71. The molecule has 0 aliphatic rings. The van der Waals surface area contributed by atoms with E-state index in [0.29, 0.717) is 12.1 Å². The molecule has 1 nitrogen and oxygen atoms in total. The van der Waals surface area contributed by atoms with Gasteiger partial charge in [0.2, 0.25) is 0 Å². The van der Waals surface area contributed by atoms with E-state index in [1.54, 1.807) is 12.1 Å². The van der Waals surface area contributed by atoms with Crippen LogP contribution in [0.1, 0.15) is 18.9 Å². The second-order valence-electron chi connectivity index (χ2n) is 3.48. The largest absolute Gasteiger partial charge is 0.312 e. The third-order valence-electron chi connectivity index (χ3n) is 2.00. The van der Waals surface area contributed by atoms with Crippen molar-refractivity contribution in [2.45, 2.75) is 19.9 Å². The normalized spacial score (nSPS) is 10.1. The van der Waals surface area contributed by atoms with Gasteiger partial charge in [-0.15, -0.1) is 6.58 Å². The van der Waals surface area contributed by atoms with Gasteiger partial charge in [0.05, 0.1) is 0 Å². The van der Waals surface area contributed by atoms with Crippen LogP contribution in [0.15, 0.2) is 36.4 Å². The van der Waals surface area contributed by atoms with E-state index in [1.807, 2.05) is 13.0 Å². The van der Waals surface area contributed by atoms with Crippen molar-refractivity contribution in [3.05, 3.63) is 47.8 Å². The zero-order valence-electron chi connectivity index (χ0n) is 8.52. The van der Waals surface area contributed by atoms with Gasteiger partial charge in [0, 0.05) is 12.1 Å². The SMILES string of the molecule is C=C(C)CCNCc1ccccc1F. The van der Waals surface area contributed by atoms with Crippen molar-refractivity contribution >= 4 is 0 Å². The molecule has 0 radical (unpaired) electrons. The molecule has 0 amide bonds. The van der Waals surface area contributed by atoms with Crippen LogP contribution in [0.4, 0.5) is 4.39 Å². The van der Waals surface area contributed by atoms with E-state index in [-0.39, 0.29) is 5.82 Å². The number of nitrogens with one attached hydrogen (secondary N) is 1. The van der Waals surface area contributed by atoms with Gasteiger partial charge in [0.15, 0.2) is 0 Å². The van der Waals surface area contributed by atoms with Crippen molar-refractivity contribution in [3.63, 3.8) is 0 Å². The summed E-state index contributed by atoms with van der Waals surface area (Å²) >= 11 is 0. The summed E-state index contributed by atoms with van der Waals surface area (Å²) < 4.78 is 13.1. The van der Waals surface area contributed by atoms with E-state index in [2.05, 4.69) is 11.9 Å². The minimum Gasteiger partial charge on any atom is -0.312 e. The highest BCUT2D eigenvalue weighted by Crippen LogP contribution is 2.05. The molecule has 0 spiro atoms. The zero-order chi connectivity index (χ0) is 10.4. The first-order valence-corrected chi connectivity index (χ1v) is 4.78. The fourth-order valence-electron chi connectivity index (χ4n) is 1.17. The maximum Gasteiger partial charge on any atom is 0.127 e. The first-order chi connectivity index (χ1) is 6.70. The number of rotatable bonds is 5. The molecule has 0 aliphatic heterocycles. The topological polar surface area (TPSA) is 12.0 Å². The Kier molecular flexibility index (Phi) is 4.33. The van der Waals surface area contributed by atoms with Crippen molar-refractivity contribution in [1.82, 2.24) is 5.32 Å². The lowest BCUT2D eigenvalue weighted by atomic mass is 10.2. The molecule has 0 saturated heterocycles. The fourth-order valence-corrected chi connectivity index (χ4v) is 1.17. The summed E-state index contributed by atoms with van der Waals surface area (Å²) in [5.74, 6) is -0.143. The molecule has 0 aliphatic carbocycles. The highest BCUT2D eigenvalue weighted by Gasteiger charge is 1.98. The summed E-state index contributed by atoms with van der Waals surface area (Å²) in [7, 11) is 0. The van der Waals surface area contributed by atoms with Crippen LogP contribution < -0.4 is 5.32 Å². The molecule has 1 aromatic rings. The van der Waals surface area contributed by atoms with E-state index in [1.165, 1.54) is 6.07 Å². The van der Waals surface area contributed by atoms with Gasteiger partial charge in [-0.05, 0) is 26.0 Å². The average molecular weight is 193 g/mol. The minimum absolute atomic E-state index is 0.143. The van der Waals surface area contributed by atoms with Gasteiger partial charge in [-0.1, -0.05) is 23.8 Å². The van der Waals surface area contributed by atoms with Crippen LogP contribution in [0.2, 0.25) is 0 Å². The first kappa shape index (κ1) is 10.9. The molecule has 0 saturated carbocycles. The van der Waals surface area contributed by atoms with E-state index >= 15 is 0 Å². The molecule has 76 valence electrons. The Labute approximate surface area is 84.6 Å². The van der Waals surface area contributed by atoms with Crippen LogP contribution >= 0.6 is 0 Å². The predicted octanol–water partition coefficient (Wildman–Crippen LogP) is 2.88. The van der Waals surface area contributed by atoms with Crippen LogP contribution in [-0.2, 0) is 6.54 Å². The van der Waals surface area contributed by atoms with E-state index in [9.17, 15) is 4.39 Å². The van der Waals surface area contributed by atoms with Gasteiger partial charge >= 0.3 is 0 Å². The minimum atomic E-state index is -0.143. The molecule has 1 N–H and O–H groups in total. The number of hydrogen-bond donors (Lipinski definition) is 1. The monoisotopic (exact) mass is 193 g/mol. The van der Waals surface area contributed by atoms with Crippen LogP contribution in [0, 0.1) is 5.82 Å². The molecule has 0 aromatic heterocycles. The van der Waals surface area contributed by atoms with Crippen molar-refractivity contribution in [3.8, 4) is 0 Å². The third-order valence-corrected chi connectivity index (χ3v) is 2.00. The second kappa shape index (κ2) is 5.55. The molecule has 14 heavy (non-hydrogen) atoms. The summed E-state index contributed by atoms with van der Waals surface area (Å²) in [6.45, 7) is 7.23. The smallest absolute Gasteiger partial charge is 0.127 e. The van der Waals surface area contributed by atoms with Crippen molar-refractivity contribution in [2.24, 2.45) is 0 Å². The highest BCUT2D eigenvalue weighted by molar-refractivity contribution is 5.16. The molecule has 0 atom stereocenters. The van der Waals surface area contributed by atoms with Crippen LogP contribution in [0.25, 0.3) is 0 Å². The molecular weight excluding hydrogens is 177 g/mol. The van der Waals surface area contributed by atoms with Crippen molar-refractivity contribution in [2.75, 3.05) is 6.54 Å². The maximum absolute atomic E-state index is 13.1. The van der Waals surface area contributed by atoms with Crippen LogP contribution in [0.5, 0.6) is 0 Å². The summed E-state index contributed by atoms with van der Waals surface area (Å²) in [6.07, 6.45) is 0.939. The Morgan fingerprint density at radius 3 is 2.79 bits per heavy atom. The Morgan fingerprint density at radius 1 is 1.43 bits per heavy atom. The Hall–Kier alpha value is -1.15. The maximum atomic E-state index is 13.1. The first-order valence-electron chi connectivity index (χ1n) is 4.78. The average Bonchev–Trinajstić information content (AvgIpc) is 2.15. The predicted molar refractivity (Wildman–Crippen MR) is 57.5 cm³/mol. The van der Waals surface area contributed by atoms with Gasteiger partial charge in [-0.3, -0.25) is 0 Å². The highest BCUT2D eigenvalue weighted by atomic mass is 19.1. The summed E-state index contributed by atoms with van der Waals surface area (Å²) in [5, 5.41) is 3.17. The number of benzene rings is 1. The molecular formula is C12H16FN. The summed E-state index contributed by atoms with van der Waals surface area (Å²) in [4.78, 5) is 0. The lowest BCUT2D eigenvalue weighted by molar-refractivity contribution is 0.588. The van der Waals surface area contributed by atoms with Crippen LogP contribution in [-0.4, -0.2) is 6.54 Å². The molecule has 1 rings (SSSR count). The standard InChI is InChI=1S/C12H16FN/c1-10(2)7-8-14-9-11-5-3-4-6-12(11)13/h3-6,14H,1,7-9H2,2H3. The van der Waals surface area contributed by atoms with Gasteiger partial charge < -0.3 is 5.32 Å². The molecule has 0 bridgehead atoms. The van der Waals surface area contributed by atoms with Gasteiger partial charge in [-0.25, -0.2) is 4.39 Å². The summed E-state index contributed by atoms with van der Waals surface area (Å²) in [6, 6.07) is 6.82. The molecule has 0 fully saturated rings.